The van der Waals surface area contributed by atoms with Crippen molar-refractivity contribution in [3.63, 3.8) is 0 Å². The van der Waals surface area contributed by atoms with Crippen LogP contribution in [0.25, 0.3) is 0 Å². The molecule has 0 aromatic heterocycles. The van der Waals surface area contributed by atoms with E-state index in [4.69, 9.17) is 4.74 Å². The van der Waals surface area contributed by atoms with Crippen LogP contribution in [0.2, 0.25) is 0 Å². The van der Waals surface area contributed by atoms with Gasteiger partial charge in [-0.3, -0.25) is 9.59 Å². The molecular formula is C18H25NO3S. The Morgan fingerprint density at radius 1 is 1.35 bits per heavy atom. The van der Waals surface area contributed by atoms with Gasteiger partial charge in [-0.1, -0.05) is 51.1 Å². The first-order valence-electron chi connectivity index (χ1n) is 8.07. The van der Waals surface area contributed by atoms with Crippen LogP contribution in [0.4, 0.5) is 0 Å². The first kappa shape index (κ1) is 18.0. The molecule has 1 aromatic rings. The summed E-state index contributed by atoms with van der Waals surface area (Å²) in [7, 11) is 0. The lowest BCUT2D eigenvalue weighted by molar-refractivity contribution is -0.137. The molecule has 0 aliphatic carbocycles. The second-order valence-corrected chi connectivity index (χ2v) is 7.75. The fourth-order valence-corrected chi connectivity index (χ4v) is 3.57. The molecule has 1 fully saturated rings. The minimum Gasteiger partial charge on any atom is -0.364 e. The maximum absolute atomic E-state index is 12.5. The molecule has 1 aromatic carbocycles. The monoisotopic (exact) mass is 335 g/mol. The summed E-state index contributed by atoms with van der Waals surface area (Å²) in [4.78, 5) is 24.4. The molecule has 4 nitrogen and oxygen atoms in total. The van der Waals surface area contributed by atoms with Crippen molar-refractivity contribution in [2.45, 2.75) is 51.2 Å². The topological polar surface area (TPSA) is 55.4 Å². The van der Waals surface area contributed by atoms with E-state index in [9.17, 15) is 9.59 Å². The molecule has 0 spiro atoms. The van der Waals surface area contributed by atoms with Crippen LogP contribution in [0, 0.1) is 5.92 Å². The van der Waals surface area contributed by atoms with Gasteiger partial charge in [-0.15, -0.1) is 11.8 Å². The summed E-state index contributed by atoms with van der Waals surface area (Å²) in [6, 6.07) is 9.42. The summed E-state index contributed by atoms with van der Waals surface area (Å²) in [6.07, 6.45) is 0.113. The minimum atomic E-state index is -0.527. The third kappa shape index (κ3) is 5.36. The second kappa shape index (κ2) is 8.50. The van der Waals surface area contributed by atoms with Gasteiger partial charge < -0.3 is 10.1 Å². The van der Waals surface area contributed by atoms with Crippen LogP contribution in [-0.4, -0.2) is 34.8 Å². The predicted molar refractivity (Wildman–Crippen MR) is 93.3 cm³/mol. The number of nitrogens with one attached hydrogen (secondary N) is 1. The molecule has 5 heteroatoms. The van der Waals surface area contributed by atoms with Gasteiger partial charge in [0.1, 0.15) is 12.1 Å². The molecule has 23 heavy (non-hydrogen) atoms. The SMILES string of the molecule is CC(C)C[C@H](OCc1ccccc1)C(=O)N[C@@H]1C(=O)CS[C@@H]1C. The molecule has 0 saturated carbocycles. The molecule has 0 radical (unpaired) electrons. The normalized spacial score (nSPS) is 22.3. The Morgan fingerprint density at radius 2 is 2.04 bits per heavy atom. The maximum atomic E-state index is 12.5. The fraction of sp³-hybridized carbons (Fsp3) is 0.556. The van der Waals surface area contributed by atoms with Crippen LogP contribution in [0.1, 0.15) is 32.8 Å². The zero-order valence-electron chi connectivity index (χ0n) is 14.0. The number of rotatable bonds is 7. The van der Waals surface area contributed by atoms with Gasteiger partial charge in [-0.25, -0.2) is 0 Å². The smallest absolute Gasteiger partial charge is 0.249 e. The number of carbonyl (C=O) groups excluding carboxylic acids is 2. The number of amides is 1. The van der Waals surface area contributed by atoms with Gasteiger partial charge >= 0.3 is 0 Å². The molecule has 1 N–H and O–H groups in total. The molecule has 3 atom stereocenters. The van der Waals surface area contributed by atoms with Crippen molar-refractivity contribution in [1.29, 1.82) is 0 Å². The Balaban J connectivity index is 1.96. The average molecular weight is 335 g/mol. The zero-order valence-corrected chi connectivity index (χ0v) is 14.8. The Hall–Kier alpha value is -1.33. The molecule has 0 bridgehead atoms. The summed E-state index contributed by atoms with van der Waals surface area (Å²) in [5.74, 6) is 0.739. The number of Topliss-reactive ketones (excluding diaryl/α,β-unsaturated/α-hetero) is 1. The molecule has 0 unspecified atom stereocenters. The quantitative estimate of drug-likeness (QED) is 0.832. The third-order valence-electron chi connectivity index (χ3n) is 3.87. The van der Waals surface area contributed by atoms with Gasteiger partial charge in [0.25, 0.3) is 0 Å². The summed E-state index contributed by atoms with van der Waals surface area (Å²) in [5.41, 5.74) is 1.04. The van der Waals surface area contributed by atoms with Gasteiger partial charge in [-0.05, 0) is 17.9 Å². The van der Waals surface area contributed by atoms with Gasteiger partial charge in [0.05, 0.1) is 12.4 Å². The number of ether oxygens (including phenoxy) is 1. The van der Waals surface area contributed by atoms with E-state index in [0.29, 0.717) is 24.7 Å². The van der Waals surface area contributed by atoms with Gasteiger partial charge in [0.2, 0.25) is 5.91 Å². The molecule has 1 heterocycles. The number of benzene rings is 1. The van der Waals surface area contributed by atoms with Crippen LogP contribution in [0.5, 0.6) is 0 Å². The molecule has 1 amide bonds. The molecule has 1 aliphatic heterocycles. The van der Waals surface area contributed by atoms with E-state index in [1.165, 1.54) is 0 Å². The van der Waals surface area contributed by atoms with E-state index in [1.807, 2.05) is 37.3 Å². The van der Waals surface area contributed by atoms with Crippen molar-refractivity contribution < 1.29 is 14.3 Å². The largest absolute Gasteiger partial charge is 0.364 e. The Morgan fingerprint density at radius 3 is 2.61 bits per heavy atom. The lowest BCUT2D eigenvalue weighted by Gasteiger charge is -2.22. The lowest BCUT2D eigenvalue weighted by atomic mass is 10.0. The molecule has 126 valence electrons. The molecule has 2 rings (SSSR count). The van der Waals surface area contributed by atoms with Crippen LogP contribution in [0.3, 0.4) is 0 Å². The highest BCUT2D eigenvalue weighted by molar-refractivity contribution is 8.01. The maximum Gasteiger partial charge on any atom is 0.249 e. The van der Waals surface area contributed by atoms with E-state index in [2.05, 4.69) is 19.2 Å². The number of carbonyl (C=O) groups is 2. The van der Waals surface area contributed by atoms with Crippen molar-refractivity contribution in [3.05, 3.63) is 35.9 Å². The number of thioether (sulfide) groups is 1. The highest BCUT2D eigenvalue weighted by atomic mass is 32.2. The highest BCUT2D eigenvalue weighted by Gasteiger charge is 2.35. The Bertz CT molecular complexity index is 532. The summed E-state index contributed by atoms with van der Waals surface area (Å²) in [6.45, 7) is 6.49. The average Bonchev–Trinajstić information content (AvgIpc) is 2.84. The van der Waals surface area contributed by atoms with Crippen molar-refractivity contribution >= 4 is 23.5 Å². The molecule has 1 aliphatic rings. The summed E-state index contributed by atoms with van der Waals surface area (Å²) < 4.78 is 5.85. The van der Waals surface area contributed by atoms with Gasteiger partial charge in [-0.2, -0.15) is 0 Å². The van der Waals surface area contributed by atoms with E-state index in [-0.39, 0.29) is 23.0 Å². The zero-order chi connectivity index (χ0) is 16.8. The lowest BCUT2D eigenvalue weighted by Crippen LogP contribution is -2.48. The Kier molecular flexibility index (Phi) is 6.66. The molecule has 1 saturated heterocycles. The molecular weight excluding hydrogens is 310 g/mol. The first-order chi connectivity index (χ1) is 11.0. The van der Waals surface area contributed by atoms with Crippen molar-refractivity contribution in [2.24, 2.45) is 5.92 Å². The fourth-order valence-electron chi connectivity index (χ4n) is 2.56. The van der Waals surface area contributed by atoms with E-state index in [1.54, 1.807) is 11.8 Å². The van der Waals surface area contributed by atoms with Crippen molar-refractivity contribution in [1.82, 2.24) is 5.32 Å². The third-order valence-corrected chi connectivity index (χ3v) is 5.12. The van der Waals surface area contributed by atoms with E-state index < -0.39 is 6.10 Å². The highest BCUT2D eigenvalue weighted by Crippen LogP contribution is 2.24. The van der Waals surface area contributed by atoms with Crippen molar-refractivity contribution in [2.75, 3.05) is 5.75 Å². The summed E-state index contributed by atoms with van der Waals surface area (Å²) in [5, 5.41) is 3.01. The van der Waals surface area contributed by atoms with E-state index in [0.717, 1.165) is 5.56 Å². The first-order valence-corrected chi connectivity index (χ1v) is 9.12. The van der Waals surface area contributed by atoms with Crippen LogP contribution in [-0.2, 0) is 20.9 Å². The van der Waals surface area contributed by atoms with Crippen LogP contribution in [0.15, 0.2) is 30.3 Å². The predicted octanol–water partition coefficient (Wildman–Crippen LogP) is 2.81. The van der Waals surface area contributed by atoms with Crippen LogP contribution >= 0.6 is 11.8 Å². The summed E-state index contributed by atoms with van der Waals surface area (Å²) >= 11 is 1.59. The minimum absolute atomic E-state index is 0.0993. The van der Waals surface area contributed by atoms with Gasteiger partial charge in [0, 0.05) is 5.25 Å². The second-order valence-electron chi connectivity index (χ2n) is 6.38. The number of ketones is 1. The van der Waals surface area contributed by atoms with Gasteiger partial charge in [0.15, 0.2) is 5.78 Å². The number of hydrogen-bond acceptors (Lipinski definition) is 4. The van der Waals surface area contributed by atoms with E-state index >= 15 is 0 Å². The van der Waals surface area contributed by atoms with Crippen molar-refractivity contribution in [3.8, 4) is 0 Å². The Labute approximate surface area is 142 Å². The standard InChI is InChI=1S/C18H25NO3S/c1-12(2)9-16(22-10-14-7-5-4-6-8-14)18(21)19-17-13(3)23-11-15(17)20/h4-8,12-13,16-17H,9-11H2,1-3H3,(H,19,21)/t13-,16+,17+/m1/s1. The van der Waals surface area contributed by atoms with Crippen LogP contribution < -0.4 is 5.32 Å². The number of hydrogen-bond donors (Lipinski definition) is 1.